The van der Waals surface area contributed by atoms with Crippen molar-refractivity contribution in [2.45, 2.75) is 19.4 Å². The number of rotatable bonds is 5. The molecule has 0 spiro atoms. The lowest BCUT2D eigenvalue weighted by Gasteiger charge is -2.07. The number of hydrogen-bond acceptors (Lipinski definition) is 2. The van der Waals surface area contributed by atoms with Crippen LogP contribution in [0, 0.1) is 0 Å². The molecular formula is C15H17ClN4. The van der Waals surface area contributed by atoms with Crippen molar-refractivity contribution in [3.63, 3.8) is 0 Å². The standard InChI is InChI=1S/C15H17ClN4/c1-19-10-7-12(18-19)8-11-20-14-5-3-2-4-13(14)17-15(20)6-9-16/h2-5,7,10H,6,8-9,11H2,1H3. The fourth-order valence-electron chi connectivity index (χ4n) is 2.47. The second-order valence-corrected chi connectivity index (χ2v) is 5.22. The highest BCUT2D eigenvalue weighted by molar-refractivity contribution is 6.17. The van der Waals surface area contributed by atoms with Gasteiger partial charge in [-0.2, -0.15) is 5.10 Å². The van der Waals surface area contributed by atoms with Gasteiger partial charge in [-0.3, -0.25) is 4.68 Å². The molecule has 104 valence electrons. The monoisotopic (exact) mass is 288 g/mol. The third-order valence-corrected chi connectivity index (χ3v) is 3.60. The molecule has 5 heteroatoms. The smallest absolute Gasteiger partial charge is 0.111 e. The maximum atomic E-state index is 5.89. The third kappa shape index (κ3) is 2.56. The van der Waals surface area contributed by atoms with Gasteiger partial charge in [0, 0.05) is 38.5 Å². The minimum Gasteiger partial charge on any atom is -0.328 e. The van der Waals surface area contributed by atoms with E-state index in [1.165, 1.54) is 5.52 Å². The van der Waals surface area contributed by atoms with Gasteiger partial charge in [0.15, 0.2) is 0 Å². The molecule has 0 saturated carbocycles. The van der Waals surface area contributed by atoms with Gasteiger partial charge in [0.1, 0.15) is 5.82 Å². The number of para-hydroxylation sites is 2. The molecule has 0 saturated heterocycles. The molecule has 2 heterocycles. The van der Waals surface area contributed by atoms with E-state index in [0.29, 0.717) is 5.88 Å². The molecule has 0 bridgehead atoms. The largest absolute Gasteiger partial charge is 0.328 e. The number of hydrogen-bond donors (Lipinski definition) is 0. The SMILES string of the molecule is Cn1ccc(CCn2c(CCCl)nc3ccccc32)n1. The molecule has 3 rings (SSSR count). The minimum absolute atomic E-state index is 0.590. The van der Waals surface area contributed by atoms with Crippen LogP contribution < -0.4 is 0 Å². The van der Waals surface area contributed by atoms with E-state index in [1.807, 2.05) is 36.1 Å². The summed E-state index contributed by atoms with van der Waals surface area (Å²) in [6, 6.07) is 10.3. The van der Waals surface area contributed by atoms with E-state index in [-0.39, 0.29) is 0 Å². The van der Waals surface area contributed by atoms with Gasteiger partial charge in [-0.05, 0) is 18.2 Å². The molecule has 0 aliphatic heterocycles. The van der Waals surface area contributed by atoms with Gasteiger partial charge < -0.3 is 4.57 Å². The molecule has 4 nitrogen and oxygen atoms in total. The van der Waals surface area contributed by atoms with E-state index in [2.05, 4.69) is 26.8 Å². The Kier molecular flexibility index (Phi) is 3.74. The zero-order chi connectivity index (χ0) is 13.9. The molecule has 0 radical (unpaired) electrons. The number of halogens is 1. The normalized spacial score (nSPS) is 11.3. The van der Waals surface area contributed by atoms with Crippen molar-refractivity contribution in [1.29, 1.82) is 0 Å². The van der Waals surface area contributed by atoms with Gasteiger partial charge in [0.05, 0.1) is 16.7 Å². The van der Waals surface area contributed by atoms with Crippen molar-refractivity contribution in [2.24, 2.45) is 7.05 Å². The van der Waals surface area contributed by atoms with Crippen LogP contribution in [0.1, 0.15) is 11.5 Å². The van der Waals surface area contributed by atoms with Crippen molar-refractivity contribution >= 4 is 22.6 Å². The van der Waals surface area contributed by atoms with Crippen LogP contribution in [0.4, 0.5) is 0 Å². The van der Waals surface area contributed by atoms with Gasteiger partial charge in [-0.25, -0.2) is 4.98 Å². The maximum Gasteiger partial charge on any atom is 0.111 e. The van der Waals surface area contributed by atoms with Crippen LogP contribution in [0.15, 0.2) is 36.5 Å². The number of alkyl halides is 1. The number of aryl methyl sites for hydroxylation is 4. The van der Waals surface area contributed by atoms with E-state index in [4.69, 9.17) is 11.6 Å². The van der Waals surface area contributed by atoms with Gasteiger partial charge in [0.25, 0.3) is 0 Å². The highest BCUT2D eigenvalue weighted by atomic mass is 35.5. The summed E-state index contributed by atoms with van der Waals surface area (Å²) in [6.45, 7) is 0.879. The summed E-state index contributed by atoms with van der Waals surface area (Å²) in [7, 11) is 1.94. The van der Waals surface area contributed by atoms with Crippen LogP contribution in [0.5, 0.6) is 0 Å². The van der Waals surface area contributed by atoms with Gasteiger partial charge in [0.2, 0.25) is 0 Å². The summed E-state index contributed by atoms with van der Waals surface area (Å²) < 4.78 is 4.09. The summed E-state index contributed by atoms with van der Waals surface area (Å²) in [5, 5.41) is 4.42. The van der Waals surface area contributed by atoms with Crippen LogP contribution in [-0.4, -0.2) is 25.2 Å². The average molecular weight is 289 g/mol. The molecule has 0 atom stereocenters. The van der Waals surface area contributed by atoms with Crippen molar-refractivity contribution in [2.75, 3.05) is 5.88 Å². The summed E-state index contributed by atoms with van der Waals surface area (Å²) in [5.74, 6) is 1.64. The number of imidazole rings is 1. The first kappa shape index (κ1) is 13.2. The average Bonchev–Trinajstić information content (AvgIpc) is 3.00. The molecular weight excluding hydrogens is 272 g/mol. The Morgan fingerprint density at radius 2 is 2.00 bits per heavy atom. The van der Waals surface area contributed by atoms with Crippen molar-refractivity contribution < 1.29 is 0 Å². The van der Waals surface area contributed by atoms with Crippen LogP contribution >= 0.6 is 11.6 Å². The Labute approximate surface area is 123 Å². The molecule has 1 aromatic carbocycles. The molecule has 3 aromatic rings. The third-order valence-electron chi connectivity index (χ3n) is 3.41. The number of fused-ring (bicyclic) bond motifs is 1. The second kappa shape index (κ2) is 5.67. The van der Waals surface area contributed by atoms with Gasteiger partial charge in [-0.1, -0.05) is 12.1 Å². The fourth-order valence-corrected chi connectivity index (χ4v) is 2.64. The van der Waals surface area contributed by atoms with Crippen molar-refractivity contribution in [3.8, 4) is 0 Å². The number of nitrogens with zero attached hydrogens (tertiary/aromatic N) is 4. The molecule has 20 heavy (non-hydrogen) atoms. The van der Waals surface area contributed by atoms with Crippen molar-refractivity contribution in [3.05, 3.63) is 48.0 Å². The Balaban J connectivity index is 1.90. The fraction of sp³-hybridized carbons (Fsp3) is 0.333. The van der Waals surface area contributed by atoms with E-state index < -0.39 is 0 Å². The van der Waals surface area contributed by atoms with Crippen molar-refractivity contribution in [1.82, 2.24) is 19.3 Å². The Morgan fingerprint density at radius 1 is 1.15 bits per heavy atom. The van der Waals surface area contributed by atoms with E-state index >= 15 is 0 Å². The predicted molar refractivity (Wildman–Crippen MR) is 81.1 cm³/mol. The van der Waals surface area contributed by atoms with Gasteiger partial charge in [-0.15, -0.1) is 11.6 Å². The summed E-state index contributed by atoms with van der Waals surface area (Å²) in [4.78, 5) is 4.67. The van der Waals surface area contributed by atoms with Crippen LogP contribution in [0.2, 0.25) is 0 Å². The lowest BCUT2D eigenvalue weighted by molar-refractivity contribution is 0.651. The quantitative estimate of drug-likeness (QED) is 0.677. The topological polar surface area (TPSA) is 35.6 Å². The number of aromatic nitrogens is 4. The first-order valence-corrected chi connectivity index (χ1v) is 7.30. The van der Waals surface area contributed by atoms with Crippen LogP contribution in [0.25, 0.3) is 11.0 Å². The molecule has 0 fully saturated rings. The zero-order valence-electron chi connectivity index (χ0n) is 11.5. The zero-order valence-corrected chi connectivity index (χ0v) is 12.2. The Bertz CT molecular complexity index is 714. The van der Waals surface area contributed by atoms with Gasteiger partial charge >= 0.3 is 0 Å². The number of benzene rings is 1. The summed E-state index contributed by atoms with van der Waals surface area (Å²) in [5.41, 5.74) is 3.30. The molecule has 0 aliphatic carbocycles. The van der Waals surface area contributed by atoms with Crippen LogP contribution in [-0.2, 0) is 26.4 Å². The molecule has 2 aromatic heterocycles. The van der Waals surface area contributed by atoms with E-state index in [9.17, 15) is 0 Å². The molecule has 0 unspecified atom stereocenters. The second-order valence-electron chi connectivity index (χ2n) is 4.84. The van der Waals surface area contributed by atoms with E-state index in [1.54, 1.807) is 0 Å². The highest BCUT2D eigenvalue weighted by Crippen LogP contribution is 2.17. The maximum absolute atomic E-state index is 5.89. The highest BCUT2D eigenvalue weighted by Gasteiger charge is 2.10. The summed E-state index contributed by atoms with van der Waals surface area (Å²) in [6.07, 6.45) is 3.66. The lowest BCUT2D eigenvalue weighted by Crippen LogP contribution is -2.07. The predicted octanol–water partition coefficient (Wildman–Crippen LogP) is 2.79. The summed E-state index contributed by atoms with van der Waals surface area (Å²) >= 11 is 5.89. The molecule has 0 aliphatic rings. The first-order chi connectivity index (χ1) is 9.78. The Morgan fingerprint density at radius 3 is 2.75 bits per heavy atom. The lowest BCUT2D eigenvalue weighted by atomic mass is 10.3. The molecule has 0 amide bonds. The van der Waals surface area contributed by atoms with E-state index in [0.717, 1.165) is 36.4 Å². The molecule has 0 N–H and O–H groups in total. The van der Waals surface area contributed by atoms with Crippen LogP contribution in [0.3, 0.4) is 0 Å². The Hall–Kier alpha value is -1.81. The first-order valence-electron chi connectivity index (χ1n) is 6.76. The minimum atomic E-state index is 0.590.